The van der Waals surface area contributed by atoms with Crippen LogP contribution in [0.3, 0.4) is 0 Å². The molecule has 184 valence electrons. The van der Waals surface area contributed by atoms with Crippen molar-refractivity contribution in [3.63, 3.8) is 0 Å². The van der Waals surface area contributed by atoms with E-state index < -0.39 is 17.1 Å². The largest absolute Gasteiger partial charge is 0.493 e. The molecule has 11 heteroatoms. The van der Waals surface area contributed by atoms with Gasteiger partial charge in [-0.25, -0.2) is 4.79 Å². The van der Waals surface area contributed by atoms with Crippen molar-refractivity contribution in [3.8, 4) is 11.5 Å². The quantitative estimate of drug-likeness (QED) is 0.150. The summed E-state index contributed by atoms with van der Waals surface area (Å²) >= 11 is 19.7. The SMILES string of the molecule is COc1cc(/C=C2\SC(=O)N(Cc3ccc(Cl)cc3Cl)C2=O)cc(Br)c1OC(=O)c1ccccc1Br. The lowest BCUT2D eigenvalue weighted by Crippen LogP contribution is -2.27. The first kappa shape index (κ1) is 26.8. The zero-order valence-electron chi connectivity index (χ0n) is 18.4. The van der Waals surface area contributed by atoms with Crippen LogP contribution in [-0.4, -0.2) is 29.1 Å². The molecule has 4 rings (SSSR count). The van der Waals surface area contributed by atoms with Gasteiger partial charge in [-0.05, 0) is 97.2 Å². The smallest absolute Gasteiger partial charge is 0.344 e. The van der Waals surface area contributed by atoms with Gasteiger partial charge in [-0.2, -0.15) is 0 Å². The summed E-state index contributed by atoms with van der Waals surface area (Å²) in [5.41, 5.74) is 1.52. The minimum atomic E-state index is -0.573. The number of carbonyl (C=O) groups is 3. The molecular weight excluding hydrogens is 657 g/mol. The maximum absolute atomic E-state index is 13.0. The zero-order valence-corrected chi connectivity index (χ0v) is 23.9. The van der Waals surface area contributed by atoms with Gasteiger partial charge in [0.15, 0.2) is 11.5 Å². The standard InChI is InChI=1S/C25H15Br2Cl2NO5S/c1-34-20-9-13(8-18(27)22(20)35-24(32)16-4-2-3-5-17(16)26)10-21-23(31)30(25(33)36-21)12-14-6-7-15(28)11-19(14)29/h2-11H,12H2,1H3/b21-10-. The predicted octanol–water partition coefficient (Wildman–Crippen LogP) is 7.98. The van der Waals surface area contributed by atoms with Gasteiger partial charge < -0.3 is 9.47 Å². The average Bonchev–Trinajstić information content (AvgIpc) is 3.09. The van der Waals surface area contributed by atoms with E-state index in [0.29, 0.717) is 35.7 Å². The Morgan fingerprint density at radius 3 is 2.50 bits per heavy atom. The lowest BCUT2D eigenvalue weighted by atomic mass is 10.1. The Hall–Kier alpha value is -2.30. The van der Waals surface area contributed by atoms with E-state index in [1.54, 1.807) is 60.7 Å². The number of nitrogens with zero attached hydrogens (tertiary/aromatic N) is 1. The van der Waals surface area contributed by atoms with Gasteiger partial charge in [0.25, 0.3) is 11.1 Å². The highest BCUT2D eigenvalue weighted by molar-refractivity contribution is 9.10. The van der Waals surface area contributed by atoms with E-state index in [1.807, 2.05) is 0 Å². The molecule has 1 saturated heterocycles. The molecule has 0 unspecified atom stereocenters. The Kier molecular flexibility index (Phi) is 8.47. The molecule has 0 aliphatic carbocycles. The fourth-order valence-electron chi connectivity index (χ4n) is 3.30. The fourth-order valence-corrected chi connectivity index (χ4v) is 5.60. The molecule has 1 fully saturated rings. The van der Waals surface area contributed by atoms with Gasteiger partial charge in [0, 0.05) is 14.5 Å². The van der Waals surface area contributed by atoms with Crippen LogP contribution in [-0.2, 0) is 11.3 Å². The van der Waals surface area contributed by atoms with Crippen molar-refractivity contribution in [2.45, 2.75) is 6.54 Å². The molecule has 1 heterocycles. The van der Waals surface area contributed by atoms with Gasteiger partial charge in [-0.1, -0.05) is 41.4 Å². The van der Waals surface area contributed by atoms with E-state index in [1.165, 1.54) is 7.11 Å². The molecule has 2 amide bonds. The third-order valence-electron chi connectivity index (χ3n) is 5.06. The Labute approximate surface area is 237 Å². The first-order valence-electron chi connectivity index (χ1n) is 10.2. The number of esters is 1. The van der Waals surface area contributed by atoms with Gasteiger partial charge >= 0.3 is 5.97 Å². The second kappa shape index (κ2) is 11.4. The first-order valence-corrected chi connectivity index (χ1v) is 13.4. The van der Waals surface area contributed by atoms with Gasteiger partial charge in [0.1, 0.15) is 0 Å². The summed E-state index contributed by atoms with van der Waals surface area (Å²) in [6.45, 7) is 0.0228. The summed E-state index contributed by atoms with van der Waals surface area (Å²) in [7, 11) is 1.44. The van der Waals surface area contributed by atoms with E-state index >= 15 is 0 Å². The number of hydrogen-bond acceptors (Lipinski definition) is 6. The lowest BCUT2D eigenvalue weighted by Gasteiger charge is -2.14. The molecule has 3 aromatic rings. The number of thioether (sulfide) groups is 1. The Bertz CT molecular complexity index is 1430. The molecule has 0 spiro atoms. The molecule has 0 N–H and O–H groups in total. The summed E-state index contributed by atoms with van der Waals surface area (Å²) < 4.78 is 12.0. The minimum absolute atomic E-state index is 0.0228. The maximum atomic E-state index is 13.0. The van der Waals surface area contributed by atoms with Crippen molar-refractivity contribution in [1.29, 1.82) is 0 Å². The molecule has 6 nitrogen and oxygen atoms in total. The molecule has 0 saturated carbocycles. The molecule has 0 aromatic heterocycles. The summed E-state index contributed by atoms with van der Waals surface area (Å²) in [5, 5.41) is 0.414. The number of hydrogen-bond donors (Lipinski definition) is 0. The number of carbonyl (C=O) groups excluding carboxylic acids is 3. The molecule has 0 radical (unpaired) electrons. The van der Waals surface area contributed by atoms with E-state index in [-0.39, 0.29) is 22.9 Å². The van der Waals surface area contributed by atoms with Crippen LogP contribution in [0.2, 0.25) is 10.0 Å². The number of methoxy groups -OCH3 is 1. The highest BCUT2D eigenvalue weighted by atomic mass is 79.9. The fraction of sp³-hybridized carbons (Fsp3) is 0.0800. The van der Waals surface area contributed by atoms with Crippen molar-refractivity contribution < 1.29 is 23.9 Å². The molecule has 0 atom stereocenters. The van der Waals surface area contributed by atoms with Crippen molar-refractivity contribution in [2.75, 3.05) is 7.11 Å². The molecule has 3 aromatic carbocycles. The van der Waals surface area contributed by atoms with Gasteiger partial charge in [-0.3, -0.25) is 14.5 Å². The van der Waals surface area contributed by atoms with Gasteiger partial charge in [-0.15, -0.1) is 0 Å². The monoisotopic (exact) mass is 669 g/mol. The number of benzene rings is 3. The highest BCUT2D eigenvalue weighted by Gasteiger charge is 2.35. The number of imide groups is 1. The Morgan fingerprint density at radius 1 is 1.06 bits per heavy atom. The van der Waals surface area contributed by atoms with E-state index in [9.17, 15) is 14.4 Å². The third-order valence-corrected chi connectivity index (χ3v) is 7.83. The summed E-state index contributed by atoms with van der Waals surface area (Å²) in [6.07, 6.45) is 1.57. The Balaban J connectivity index is 1.58. The second-order valence-corrected chi connectivity index (χ2v) is 11.0. The summed E-state index contributed by atoms with van der Waals surface area (Å²) in [6, 6.07) is 15.0. The normalized spacial score (nSPS) is 14.5. The van der Waals surface area contributed by atoms with Crippen LogP contribution >= 0.6 is 66.8 Å². The highest BCUT2D eigenvalue weighted by Crippen LogP contribution is 2.40. The zero-order chi connectivity index (χ0) is 26.0. The summed E-state index contributed by atoms with van der Waals surface area (Å²) in [5.74, 6) is -0.573. The van der Waals surface area contributed by atoms with Gasteiger partial charge in [0.2, 0.25) is 0 Å². The molecule has 1 aliphatic heterocycles. The second-order valence-electron chi connectivity index (χ2n) is 7.41. The van der Waals surface area contributed by atoms with Crippen molar-refractivity contribution in [3.05, 3.63) is 95.2 Å². The van der Waals surface area contributed by atoms with Crippen molar-refractivity contribution in [2.24, 2.45) is 0 Å². The van der Waals surface area contributed by atoms with Crippen LogP contribution in [0, 0.1) is 0 Å². The van der Waals surface area contributed by atoms with Crippen LogP contribution in [0.1, 0.15) is 21.5 Å². The van der Waals surface area contributed by atoms with Crippen LogP contribution in [0.15, 0.2) is 68.4 Å². The molecule has 1 aliphatic rings. The van der Waals surface area contributed by atoms with Crippen LogP contribution in [0.5, 0.6) is 11.5 Å². The van der Waals surface area contributed by atoms with Gasteiger partial charge in [0.05, 0.1) is 28.6 Å². The van der Waals surface area contributed by atoms with Crippen LogP contribution < -0.4 is 9.47 Å². The summed E-state index contributed by atoms with van der Waals surface area (Å²) in [4.78, 5) is 39.6. The first-order chi connectivity index (χ1) is 17.2. The third kappa shape index (κ3) is 5.81. The molecule has 0 bridgehead atoms. The predicted molar refractivity (Wildman–Crippen MR) is 148 cm³/mol. The molecule has 36 heavy (non-hydrogen) atoms. The minimum Gasteiger partial charge on any atom is -0.493 e. The van der Waals surface area contributed by atoms with E-state index in [0.717, 1.165) is 16.7 Å². The topological polar surface area (TPSA) is 72.9 Å². The number of ether oxygens (including phenoxy) is 2. The maximum Gasteiger partial charge on any atom is 0.344 e. The number of amides is 2. The van der Waals surface area contributed by atoms with Crippen molar-refractivity contribution in [1.82, 2.24) is 4.90 Å². The number of rotatable bonds is 6. The lowest BCUT2D eigenvalue weighted by molar-refractivity contribution is -0.123. The van der Waals surface area contributed by atoms with E-state index in [2.05, 4.69) is 31.9 Å². The van der Waals surface area contributed by atoms with Crippen molar-refractivity contribution >= 4 is 90.0 Å². The van der Waals surface area contributed by atoms with Crippen LogP contribution in [0.4, 0.5) is 4.79 Å². The van der Waals surface area contributed by atoms with E-state index in [4.69, 9.17) is 32.7 Å². The number of halogens is 4. The average molecular weight is 672 g/mol. The molecular formula is C25H15Br2Cl2NO5S. The van der Waals surface area contributed by atoms with Crippen LogP contribution in [0.25, 0.3) is 6.08 Å². The Morgan fingerprint density at radius 2 is 1.81 bits per heavy atom.